The van der Waals surface area contributed by atoms with E-state index in [1.807, 2.05) is 13.8 Å². The Kier molecular flexibility index (Phi) is 3.04. The first-order chi connectivity index (χ1) is 6.43. The smallest absolute Gasteiger partial charge is 0.185 e. The second-order valence-electron chi connectivity index (χ2n) is 4.21. The summed E-state index contributed by atoms with van der Waals surface area (Å²) in [5.41, 5.74) is 1.85. The summed E-state index contributed by atoms with van der Waals surface area (Å²) in [4.78, 5) is 23.2. The first-order valence-corrected chi connectivity index (χ1v) is 4.90. The number of carbonyl (C=O) groups is 2. The highest BCUT2D eigenvalue weighted by Crippen LogP contribution is 2.23. The van der Waals surface area contributed by atoms with Gasteiger partial charge in [0.15, 0.2) is 11.6 Å². The van der Waals surface area contributed by atoms with Gasteiger partial charge in [0.05, 0.1) is 0 Å². The van der Waals surface area contributed by atoms with Gasteiger partial charge in [-0.15, -0.1) is 0 Å². The number of carbonyl (C=O) groups excluding carboxylic acids is 2. The number of rotatable bonds is 2. The third-order valence-corrected chi connectivity index (χ3v) is 2.50. The van der Waals surface area contributed by atoms with Gasteiger partial charge in [-0.05, 0) is 32.3 Å². The molecule has 0 amide bonds. The molecule has 0 spiro atoms. The van der Waals surface area contributed by atoms with Gasteiger partial charge in [0, 0.05) is 16.7 Å². The van der Waals surface area contributed by atoms with Crippen molar-refractivity contribution in [1.82, 2.24) is 0 Å². The molecular formula is C12H16O2. The summed E-state index contributed by atoms with van der Waals surface area (Å²) in [6.07, 6.45) is 2.18. The van der Waals surface area contributed by atoms with Gasteiger partial charge in [0.25, 0.3) is 0 Å². The maximum absolute atomic E-state index is 11.7. The zero-order valence-corrected chi connectivity index (χ0v) is 9.18. The van der Waals surface area contributed by atoms with Gasteiger partial charge in [-0.3, -0.25) is 9.59 Å². The molecule has 0 bridgehead atoms. The lowest BCUT2D eigenvalue weighted by Crippen LogP contribution is -2.17. The summed E-state index contributed by atoms with van der Waals surface area (Å²) in [5, 5.41) is 0. The molecule has 1 aliphatic carbocycles. The molecule has 14 heavy (non-hydrogen) atoms. The molecule has 0 radical (unpaired) electrons. The van der Waals surface area contributed by atoms with Crippen LogP contribution in [0.1, 0.15) is 34.1 Å². The summed E-state index contributed by atoms with van der Waals surface area (Å²) in [6, 6.07) is 0. The first-order valence-electron chi connectivity index (χ1n) is 4.90. The maximum atomic E-state index is 11.7. The Morgan fingerprint density at radius 1 is 1.14 bits per heavy atom. The van der Waals surface area contributed by atoms with E-state index in [1.54, 1.807) is 13.8 Å². The van der Waals surface area contributed by atoms with Crippen LogP contribution in [0.4, 0.5) is 0 Å². The van der Waals surface area contributed by atoms with Crippen LogP contribution in [0, 0.1) is 5.92 Å². The predicted octanol–water partition coefficient (Wildman–Crippen LogP) is 2.45. The summed E-state index contributed by atoms with van der Waals surface area (Å²) < 4.78 is 0. The second-order valence-corrected chi connectivity index (χ2v) is 4.21. The van der Waals surface area contributed by atoms with Crippen molar-refractivity contribution in [1.29, 1.82) is 0 Å². The van der Waals surface area contributed by atoms with Crippen molar-refractivity contribution in [2.45, 2.75) is 34.1 Å². The lowest BCUT2D eigenvalue weighted by molar-refractivity contribution is -0.116. The van der Waals surface area contributed by atoms with E-state index >= 15 is 0 Å². The van der Waals surface area contributed by atoms with Crippen molar-refractivity contribution < 1.29 is 9.59 Å². The quantitative estimate of drug-likeness (QED) is 0.630. The molecule has 0 aliphatic heterocycles. The molecule has 76 valence electrons. The molecule has 0 aromatic rings. The van der Waals surface area contributed by atoms with E-state index < -0.39 is 0 Å². The molecule has 2 nitrogen and oxygen atoms in total. The Morgan fingerprint density at radius 3 is 2.21 bits per heavy atom. The van der Waals surface area contributed by atoms with Gasteiger partial charge >= 0.3 is 0 Å². The van der Waals surface area contributed by atoms with Crippen LogP contribution >= 0.6 is 0 Å². The Bertz CT molecular complexity index is 343. The van der Waals surface area contributed by atoms with E-state index in [4.69, 9.17) is 0 Å². The number of ketones is 2. The Morgan fingerprint density at radius 2 is 1.71 bits per heavy atom. The molecule has 0 aromatic heterocycles. The standard InChI is InChI=1S/C12H16O2/c1-7(2)5-10-6-11(13)8(3)9(4)12(10)14/h6-7H,5H2,1-4H3. The van der Waals surface area contributed by atoms with E-state index in [-0.39, 0.29) is 11.6 Å². The summed E-state index contributed by atoms with van der Waals surface area (Å²) in [7, 11) is 0. The number of allylic oxidation sites excluding steroid dienone is 4. The molecule has 0 saturated heterocycles. The molecular weight excluding hydrogens is 176 g/mol. The Hall–Kier alpha value is -1.18. The molecule has 0 aromatic carbocycles. The number of Topliss-reactive ketones (excluding diaryl/α,β-unsaturated/α-hetero) is 1. The van der Waals surface area contributed by atoms with Crippen molar-refractivity contribution in [3.8, 4) is 0 Å². The van der Waals surface area contributed by atoms with Crippen LogP contribution in [0.2, 0.25) is 0 Å². The predicted molar refractivity (Wildman–Crippen MR) is 55.9 cm³/mol. The lowest BCUT2D eigenvalue weighted by atomic mass is 9.87. The minimum absolute atomic E-state index is 0.0160. The van der Waals surface area contributed by atoms with Crippen molar-refractivity contribution in [2.75, 3.05) is 0 Å². The van der Waals surface area contributed by atoms with Crippen molar-refractivity contribution in [3.05, 3.63) is 22.8 Å². The molecule has 0 atom stereocenters. The fraction of sp³-hybridized carbons (Fsp3) is 0.500. The van der Waals surface area contributed by atoms with Gasteiger partial charge in [-0.25, -0.2) is 0 Å². The first kappa shape index (κ1) is 10.9. The van der Waals surface area contributed by atoms with Crippen LogP contribution < -0.4 is 0 Å². The van der Waals surface area contributed by atoms with Crippen molar-refractivity contribution in [2.24, 2.45) is 5.92 Å². The lowest BCUT2D eigenvalue weighted by Gasteiger charge is -2.15. The fourth-order valence-corrected chi connectivity index (χ4v) is 1.52. The minimum Gasteiger partial charge on any atom is -0.290 e. The minimum atomic E-state index is -0.0160. The highest BCUT2D eigenvalue weighted by Gasteiger charge is 2.22. The van der Waals surface area contributed by atoms with Crippen LogP contribution in [-0.4, -0.2) is 11.6 Å². The van der Waals surface area contributed by atoms with E-state index in [0.29, 0.717) is 29.1 Å². The molecule has 1 aliphatic rings. The zero-order valence-electron chi connectivity index (χ0n) is 9.18. The number of hydrogen-bond donors (Lipinski definition) is 0. The molecule has 0 saturated carbocycles. The van der Waals surface area contributed by atoms with Gasteiger partial charge in [-0.1, -0.05) is 13.8 Å². The van der Waals surface area contributed by atoms with E-state index in [2.05, 4.69) is 0 Å². The second kappa shape index (κ2) is 3.91. The van der Waals surface area contributed by atoms with Crippen LogP contribution in [0.15, 0.2) is 22.8 Å². The highest BCUT2D eigenvalue weighted by molar-refractivity contribution is 6.22. The zero-order chi connectivity index (χ0) is 10.9. The van der Waals surface area contributed by atoms with Crippen LogP contribution in [0.5, 0.6) is 0 Å². The van der Waals surface area contributed by atoms with Gasteiger partial charge in [0.2, 0.25) is 0 Å². The SMILES string of the molecule is CC1=C(C)C(=O)C(CC(C)C)=CC1=O. The molecule has 1 rings (SSSR count). The molecule has 0 fully saturated rings. The van der Waals surface area contributed by atoms with E-state index in [1.165, 1.54) is 6.08 Å². The Labute approximate surface area is 84.7 Å². The largest absolute Gasteiger partial charge is 0.290 e. The average Bonchev–Trinajstić information content (AvgIpc) is 2.10. The van der Waals surface area contributed by atoms with Crippen LogP contribution in [-0.2, 0) is 9.59 Å². The van der Waals surface area contributed by atoms with Gasteiger partial charge < -0.3 is 0 Å². The van der Waals surface area contributed by atoms with Crippen LogP contribution in [0.3, 0.4) is 0 Å². The van der Waals surface area contributed by atoms with E-state index in [9.17, 15) is 9.59 Å². The summed E-state index contributed by atoms with van der Waals surface area (Å²) >= 11 is 0. The highest BCUT2D eigenvalue weighted by atomic mass is 16.1. The maximum Gasteiger partial charge on any atom is 0.185 e. The summed E-state index contributed by atoms with van der Waals surface area (Å²) in [6.45, 7) is 7.51. The monoisotopic (exact) mass is 192 g/mol. The molecule has 0 heterocycles. The van der Waals surface area contributed by atoms with Gasteiger partial charge in [0.1, 0.15) is 0 Å². The Balaban J connectivity index is 2.98. The van der Waals surface area contributed by atoms with Gasteiger partial charge in [-0.2, -0.15) is 0 Å². The number of hydrogen-bond acceptors (Lipinski definition) is 2. The van der Waals surface area contributed by atoms with Crippen LogP contribution in [0.25, 0.3) is 0 Å². The molecule has 0 N–H and O–H groups in total. The normalized spacial score (nSPS) is 17.9. The average molecular weight is 192 g/mol. The summed E-state index contributed by atoms with van der Waals surface area (Å²) in [5.74, 6) is 0.428. The van der Waals surface area contributed by atoms with Crippen molar-refractivity contribution >= 4 is 11.6 Å². The third-order valence-electron chi connectivity index (χ3n) is 2.50. The van der Waals surface area contributed by atoms with Crippen molar-refractivity contribution in [3.63, 3.8) is 0 Å². The fourth-order valence-electron chi connectivity index (χ4n) is 1.52. The third kappa shape index (κ3) is 2.00. The molecule has 2 heteroatoms. The topological polar surface area (TPSA) is 34.1 Å². The van der Waals surface area contributed by atoms with E-state index in [0.717, 1.165) is 0 Å². The molecule has 0 unspecified atom stereocenters.